The Morgan fingerprint density at radius 1 is 1.03 bits per heavy atom. The summed E-state index contributed by atoms with van der Waals surface area (Å²) in [6.07, 6.45) is -0.0582. The van der Waals surface area contributed by atoms with Gasteiger partial charge >= 0.3 is 0 Å². The lowest BCUT2D eigenvalue weighted by Crippen LogP contribution is -2.51. The summed E-state index contributed by atoms with van der Waals surface area (Å²) < 4.78 is 5.37. The molecule has 9 heteroatoms. The number of ether oxygens (including phenoxy) is 1. The molecule has 9 nitrogen and oxygen atoms in total. The van der Waals surface area contributed by atoms with Crippen LogP contribution in [0.3, 0.4) is 0 Å². The molecule has 192 valence electrons. The molecular weight excluding hydrogens is 460 g/mol. The van der Waals surface area contributed by atoms with Crippen molar-refractivity contribution in [2.45, 2.75) is 32.0 Å². The number of aliphatic hydroxyl groups is 1. The molecule has 0 bridgehead atoms. The Morgan fingerprint density at radius 2 is 1.64 bits per heavy atom. The van der Waals surface area contributed by atoms with Gasteiger partial charge in [-0.15, -0.1) is 0 Å². The molecule has 1 saturated heterocycles. The predicted octanol–water partition coefficient (Wildman–Crippen LogP) is 0.883. The van der Waals surface area contributed by atoms with E-state index in [9.17, 15) is 14.7 Å². The third-order valence-electron chi connectivity index (χ3n) is 5.87. The van der Waals surface area contributed by atoms with Crippen LogP contribution in [0.25, 0.3) is 0 Å². The van der Waals surface area contributed by atoms with Crippen LogP contribution in [0, 0.1) is 11.8 Å². The van der Waals surface area contributed by atoms with Gasteiger partial charge in [0.15, 0.2) is 0 Å². The summed E-state index contributed by atoms with van der Waals surface area (Å²) >= 11 is 0. The Balaban J connectivity index is 1.44. The number of carbonyl (C=O) groups is 2. The maximum Gasteiger partial charge on any atom is 0.268 e. The monoisotopic (exact) mass is 494 g/mol. The topological polar surface area (TPSA) is 123 Å². The van der Waals surface area contributed by atoms with Crippen LogP contribution in [0.4, 0.5) is 0 Å². The van der Waals surface area contributed by atoms with E-state index in [0.717, 1.165) is 63.5 Å². The number of morpholine rings is 1. The second-order valence-corrected chi connectivity index (χ2v) is 8.68. The number of hydrogen-bond donors (Lipinski definition) is 5. The van der Waals surface area contributed by atoms with E-state index < -0.39 is 24.0 Å². The number of hydroxylamine groups is 1. The molecule has 1 aliphatic heterocycles. The van der Waals surface area contributed by atoms with Gasteiger partial charge in [0.1, 0.15) is 6.04 Å². The molecule has 0 spiro atoms. The summed E-state index contributed by atoms with van der Waals surface area (Å²) in [5.74, 6) is 4.75. The summed E-state index contributed by atoms with van der Waals surface area (Å²) in [6, 6.07) is 13.4. The van der Waals surface area contributed by atoms with Crippen molar-refractivity contribution in [3.8, 4) is 11.8 Å². The number of benzene rings is 2. The SMILES string of the molecule is CC(O)C(NC(=O)c1ccc(C#Cc2ccc(CNCCCN3CCOCC3)cc2)cc1)C(=O)NO. The van der Waals surface area contributed by atoms with E-state index in [0.29, 0.717) is 5.56 Å². The number of rotatable bonds is 10. The third-order valence-corrected chi connectivity index (χ3v) is 5.87. The van der Waals surface area contributed by atoms with Crippen LogP contribution in [0.2, 0.25) is 0 Å². The lowest BCUT2D eigenvalue weighted by molar-refractivity contribution is -0.133. The molecule has 3 rings (SSSR count). The largest absolute Gasteiger partial charge is 0.391 e. The molecule has 2 aromatic carbocycles. The first-order chi connectivity index (χ1) is 17.5. The normalized spacial score (nSPS) is 15.3. The second kappa shape index (κ2) is 14.3. The van der Waals surface area contributed by atoms with Gasteiger partial charge in [-0.3, -0.25) is 19.7 Å². The first-order valence-corrected chi connectivity index (χ1v) is 12.1. The number of amides is 2. The number of carbonyl (C=O) groups excluding carboxylic acids is 2. The van der Waals surface area contributed by atoms with Crippen molar-refractivity contribution in [3.05, 3.63) is 70.8 Å². The van der Waals surface area contributed by atoms with Crippen LogP contribution in [0.1, 0.15) is 40.4 Å². The second-order valence-electron chi connectivity index (χ2n) is 8.68. The highest BCUT2D eigenvalue weighted by Crippen LogP contribution is 2.07. The minimum atomic E-state index is -1.27. The van der Waals surface area contributed by atoms with Crippen LogP contribution >= 0.6 is 0 Å². The van der Waals surface area contributed by atoms with Crippen molar-refractivity contribution >= 4 is 11.8 Å². The van der Waals surface area contributed by atoms with Gasteiger partial charge in [0.2, 0.25) is 0 Å². The molecule has 2 aromatic rings. The fourth-order valence-electron chi connectivity index (χ4n) is 3.74. The van der Waals surface area contributed by atoms with Crippen LogP contribution in [0.5, 0.6) is 0 Å². The van der Waals surface area contributed by atoms with E-state index in [1.54, 1.807) is 24.3 Å². The average molecular weight is 495 g/mol. The van der Waals surface area contributed by atoms with Crippen molar-refractivity contribution in [3.63, 3.8) is 0 Å². The van der Waals surface area contributed by atoms with Gasteiger partial charge in [-0.1, -0.05) is 24.0 Å². The Kier molecular flexibility index (Phi) is 10.9. The van der Waals surface area contributed by atoms with Crippen molar-refractivity contribution in [2.75, 3.05) is 39.4 Å². The van der Waals surface area contributed by atoms with Crippen molar-refractivity contribution in [1.82, 2.24) is 21.0 Å². The number of nitrogens with one attached hydrogen (secondary N) is 3. The Bertz CT molecular complexity index is 1040. The predicted molar refractivity (Wildman–Crippen MR) is 135 cm³/mol. The van der Waals surface area contributed by atoms with Gasteiger partial charge in [-0.05, 0) is 68.4 Å². The van der Waals surface area contributed by atoms with Crippen molar-refractivity contribution in [2.24, 2.45) is 0 Å². The van der Waals surface area contributed by atoms with Crippen LogP contribution in [-0.4, -0.2) is 78.6 Å². The Morgan fingerprint density at radius 3 is 2.22 bits per heavy atom. The lowest BCUT2D eigenvalue weighted by atomic mass is 10.1. The summed E-state index contributed by atoms with van der Waals surface area (Å²) in [5.41, 5.74) is 4.57. The summed E-state index contributed by atoms with van der Waals surface area (Å²) in [7, 11) is 0. The average Bonchev–Trinajstić information content (AvgIpc) is 2.91. The quantitative estimate of drug-likeness (QED) is 0.144. The van der Waals surface area contributed by atoms with E-state index in [4.69, 9.17) is 9.94 Å². The smallest absolute Gasteiger partial charge is 0.268 e. The molecule has 0 aliphatic carbocycles. The molecule has 0 aromatic heterocycles. The summed E-state index contributed by atoms with van der Waals surface area (Å²) in [6.45, 7) is 7.95. The minimum Gasteiger partial charge on any atom is -0.391 e. The van der Waals surface area contributed by atoms with Crippen LogP contribution < -0.4 is 16.1 Å². The highest BCUT2D eigenvalue weighted by atomic mass is 16.5. The molecule has 36 heavy (non-hydrogen) atoms. The summed E-state index contributed by atoms with van der Waals surface area (Å²) in [5, 5.41) is 24.3. The van der Waals surface area contributed by atoms with Gasteiger partial charge in [0, 0.05) is 36.3 Å². The van der Waals surface area contributed by atoms with Gasteiger partial charge in [0.25, 0.3) is 11.8 Å². The Hall–Kier alpha value is -3.26. The van der Waals surface area contributed by atoms with Gasteiger partial charge in [-0.2, -0.15) is 0 Å². The fourth-order valence-corrected chi connectivity index (χ4v) is 3.74. The van der Waals surface area contributed by atoms with Crippen LogP contribution in [-0.2, 0) is 16.1 Å². The third kappa shape index (κ3) is 8.75. The molecular formula is C27H34N4O5. The lowest BCUT2D eigenvalue weighted by Gasteiger charge is -2.26. The Labute approximate surface area is 211 Å². The van der Waals surface area contributed by atoms with Gasteiger partial charge < -0.3 is 20.5 Å². The van der Waals surface area contributed by atoms with Crippen molar-refractivity contribution in [1.29, 1.82) is 0 Å². The maximum absolute atomic E-state index is 12.4. The van der Waals surface area contributed by atoms with Gasteiger partial charge in [0.05, 0.1) is 19.3 Å². The van der Waals surface area contributed by atoms with Crippen LogP contribution in [0.15, 0.2) is 48.5 Å². The molecule has 2 amide bonds. The molecule has 1 heterocycles. The molecule has 0 saturated carbocycles. The van der Waals surface area contributed by atoms with E-state index >= 15 is 0 Å². The zero-order valence-electron chi connectivity index (χ0n) is 20.5. The number of aliphatic hydroxyl groups excluding tert-OH is 1. The first-order valence-electron chi connectivity index (χ1n) is 12.1. The molecule has 2 unspecified atom stereocenters. The number of hydrogen-bond acceptors (Lipinski definition) is 7. The first kappa shape index (κ1) is 27.3. The van der Waals surface area contributed by atoms with E-state index in [2.05, 4.69) is 39.5 Å². The molecule has 2 atom stereocenters. The van der Waals surface area contributed by atoms with Gasteiger partial charge in [-0.25, -0.2) is 5.48 Å². The van der Waals surface area contributed by atoms with Crippen molar-refractivity contribution < 1.29 is 24.6 Å². The minimum absolute atomic E-state index is 0.304. The van der Waals surface area contributed by atoms with E-state index in [-0.39, 0.29) is 0 Å². The fraction of sp³-hybridized carbons (Fsp3) is 0.407. The molecule has 1 fully saturated rings. The number of nitrogens with zero attached hydrogens (tertiary/aromatic N) is 1. The zero-order chi connectivity index (χ0) is 25.8. The highest BCUT2D eigenvalue weighted by Gasteiger charge is 2.25. The molecule has 5 N–H and O–H groups in total. The highest BCUT2D eigenvalue weighted by molar-refractivity contribution is 5.97. The zero-order valence-corrected chi connectivity index (χ0v) is 20.5. The summed E-state index contributed by atoms with van der Waals surface area (Å²) in [4.78, 5) is 26.4. The standard InChI is InChI=1S/C27H34N4O5/c1-20(32)25(27(34)30-35)29-26(33)24-11-9-22(10-12-24)4-3-21-5-7-23(8-6-21)19-28-13-2-14-31-15-17-36-18-16-31/h5-12,20,25,28,32,35H,2,13-19H2,1H3,(H,29,33)(H,30,34). The maximum atomic E-state index is 12.4. The van der Waals surface area contributed by atoms with E-state index in [1.165, 1.54) is 18.0 Å². The molecule has 0 radical (unpaired) electrons. The molecule has 1 aliphatic rings. The van der Waals surface area contributed by atoms with E-state index in [1.807, 2.05) is 12.1 Å².